The molecule has 1 unspecified atom stereocenters. The zero-order valence-electron chi connectivity index (χ0n) is 9.78. The number of nitrogens with zero attached hydrogens (tertiary/aromatic N) is 2. The van der Waals surface area contributed by atoms with E-state index in [1.165, 1.54) is 0 Å². The van der Waals surface area contributed by atoms with E-state index in [1.807, 2.05) is 6.92 Å². The van der Waals surface area contributed by atoms with Gasteiger partial charge >= 0.3 is 0 Å². The summed E-state index contributed by atoms with van der Waals surface area (Å²) in [7, 11) is 2.13. The van der Waals surface area contributed by atoms with Crippen LogP contribution in [0.2, 0.25) is 0 Å². The summed E-state index contributed by atoms with van der Waals surface area (Å²) < 4.78 is 5.14. The van der Waals surface area contributed by atoms with Crippen LogP contribution in [0, 0.1) is 0 Å². The highest BCUT2D eigenvalue weighted by atomic mass is 16.5. The molecule has 1 heterocycles. The van der Waals surface area contributed by atoms with Crippen molar-refractivity contribution in [1.82, 2.24) is 15.3 Å². The molecule has 0 bridgehead atoms. The number of aliphatic hydroxyl groups is 1. The number of ether oxygens (including phenoxy) is 1. The van der Waals surface area contributed by atoms with E-state index >= 15 is 0 Å². The maximum atomic E-state index is 9.54. The molecule has 1 saturated heterocycles. The molecule has 5 heteroatoms. The first-order valence-corrected chi connectivity index (χ1v) is 5.65. The molecule has 0 spiro atoms. The second-order valence-corrected chi connectivity index (χ2v) is 3.97. The standard InChI is InChI=1S/C10H23N3O2/c1-3-15-9-10(14)8-11-13-6-4-12(2)5-7-13/h10-11,14H,3-9H2,1-2H3. The molecule has 0 aliphatic carbocycles. The smallest absolute Gasteiger partial charge is 0.0911 e. The van der Waals surface area contributed by atoms with Crippen LogP contribution in [0.4, 0.5) is 0 Å². The Hall–Kier alpha value is -0.200. The summed E-state index contributed by atoms with van der Waals surface area (Å²) >= 11 is 0. The number of hydrogen-bond donors (Lipinski definition) is 2. The molecule has 0 aromatic carbocycles. The lowest BCUT2D eigenvalue weighted by molar-refractivity contribution is 0.0210. The van der Waals surface area contributed by atoms with Crippen molar-refractivity contribution in [2.75, 3.05) is 53.0 Å². The van der Waals surface area contributed by atoms with Crippen LogP contribution in [0.5, 0.6) is 0 Å². The predicted molar refractivity (Wildman–Crippen MR) is 59.6 cm³/mol. The summed E-state index contributed by atoms with van der Waals surface area (Å²) in [5.74, 6) is 0. The molecule has 5 nitrogen and oxygen atoms in total. The second-order valence-electron chi connectivity index (χ2n) is 3.97. The highest BCUT2D eigenvalue weighted by Crippen LogP contribution is 1.95. The Morgan fingerprint density at radius 2 is 2.00 bits per heavy atom. The first-order valence-electron chi connectivity index (χ1n) is 5.65. The maximum absolute atomic E-state index is 9.54. The molecule has 1 aliphatic heterocycles. The van der Waals surface area contributed by atoms with E-state index < -0.39 is 6.10 Å². The first kappa shape index (κ1) is 12.9. The van der Waals surface area contributed by atoms with Crippen molar-refractivity contribution < 1.29 is 9.84 Å². The van der Waals surface area contributed by atoms with Crippen molar-refractivity contribution in [2.24, 2.45) is 0 Å². The van der Waals surface area contributed by atoms with Crippen molar-refractivity contribution >= 4 is 0 Å². The highest BCUT2D eigenvalue weighted by Gasteiger charge is 2.14. The lowest BCUT2D eigenvalue weighted by Gasteiger charge is -2.33. The zero-order chi connectivity index (χ0) is 11.1. The topological polar surface area (TPSA) is 48.0 Å². The van der Waals surface area contributed by atoms with Gasteiger partial charge in [0.25, 0.3) is 0 Å². The van der Waals surface area contributed by atoms with Crippen LogP contribution in [-0.4, -0.2) is 74.1 Å². The maximum Gasteiger partial charge on any atom is 0.0911 e. The summed E-state index contributed by atoms with van der Waals surface area (Å²) in [6.07, 6.45) is -0.412. The molecule has 1 rings (SSSR count). The van der Waals surface area contributed by atoms with E-state index in [0.717, 1.165) is 26.2 Å². The Labute approximate surface area is 92.0 Å². The lowest BCUT2D eigenvalue weighted by Crippen LogP contribution is -2.52. The summed E-state index contributed by atoms with van der Waals surface area (Å²) in [6, 6.07) is 0. The number of piperazine rings is 1. The Bertz CT molecular complexity index is 161. The monoisotopic (exact) mass is 217 g/mol. The van der Waals surface area contributed by atoms with Gasteiger partial charge in [-0.15, -0.1) is 0 Å². The van der Waals surface area contributed by atoms with E-state index in [-0.39, 0.29) is 0 Å². The minimum atomic E-state index is -0.412. The normalized spacial score (nSPS) is 21.8. The second kappa shape index (κ2) is 7.14. The fourth-order valence-electron chi connectivity index (χ4n) is 1.51. The molecule has 0 aromatic rings. The van der Waals surface area contributed by atoms with E-state index in [1.54, 1.807) is 0 Å². The zero-order valence-corrected chi connectivity index (χ0v) is 9.78. The van der Waals surface area contributed by atoms with Crippen LogP contribution in [0.1, 0.15) is 6.92 Å². The predicted octanol–water partition coefficient (Wildman–Crippen LogP) is -0.864. The van der Waals surface area contributed by atoms with Gasteiger partial charge < -0.3 is 14.7 Å². The SMILES string of the molecule is CCOCC(O)CNN1CCN(C)CC1. The van der Waals surface area contributed by atoms with Gasteiger partial charge in [0.05, 0.1) is 12.7 Å². The Morgan fingerprint density at radius 1 is 1.33 bits per heavy atom. The molecule has 1 atom stereocenters. The van der Waals surface area contributed by atoms with Crippen LogP contribution >= 0.6 is 0 Å². The number of rotatable bonds is 6. The van der Waals surface area contributed by atoms with E-state index in [4.69, 9.17) is 4.74 Å². The fraction of sp³-hybridized carbons (Fsp3) is 1.00. The van der Waals surface area contributed by atoms with Crippen molar-refractivity contribution in [3.63, 3.8) is 0 Å². The minimum Gasteiger partial charge on any atom is -0.389 e. The van der Waals surface area contributed by atoms with Crippen LogP contribution in [0.15, 0.2) is 0 Å². The Morgan fingerprint density at radius 3 is 2.60 bits per heavy atom. The van der Waals surface area contributed by atoms with Gasteiger partial charge in [-0.1, -0.05) is 0 Å². The third-order valence-electron chi connectivity index (χ3n) is 2.57. The third-order valence-corrected chi connectivity index (χ3v) is 2.57. The van der Waals surface area contributed by atoms with Crippen molar-refractivity contribution in [3.05, 3.63) is 0 Å². The summed E-state index contributed by atoms with van der Waals surface area (Å²) in [5.41, 5.74) is 3.23. The van der Waals surface area contributed by atoms with Gasteiger partial charge in [0, 0.05) is 39.3 Å². The van der Waals surface area contributed by atoms with Gasteiger partial charge in [0.2, 0.25) is 0 Å². The molecular formula is C10H23N3O2. The molecule has 15 heavy (non-hydrogen) atoms. The quantitative estimate of drug-likeness (QED) is 0.606. The average Bonchev–Trinajstić information content (AvgIpc) is 2.25. The van der Waals surface area contributed by atoms with E-state index in [0.29, 0.717) is 19.8 Å². The molecule has 90 valence electrons. The Kier molecular flexibility index (Phi) is 6.12. The molecule has 2 N–H and O–H groups in total. The molecule has 0 saturated carbocycles. The van der Waals surface area contributed by atoms with Gasteiger partial charge in [0.15, 0.2) is 0 Å². The number of nitrogens with one attached hydrogen (secondary N) is 1. The fourth-order valence-corrected chi connectivity index (χ4v) is 1.51. The average molecular weight is 217 g/mol. The minimum absolute atomic E-state index is 0.412. The molecular weight excluding hydrogens is 194 g/mol. The summed E-state index contributed by atoms with van der Waals surface area (Å²) in [6.45, 7) is 7.76. The van der Waals surface area contributed by atoms with Gasteiger partial charge in [-0.2, -0.15) is 0 Å². The molecule has 0 amide bonds. The van der Waals surface area contributed by atoms with Crippen molar-refractivity contribution in [2.45, 2.75) is 13.0 Å². The molecule has 1 fully saturated rings. The van der Waals surface area contributed by atoms with Crippen molar-refractivity contribution in [3.8, 4) is 0 Å². The molecule has 1 aliphatic rings. The number of likely N-dealkylation sites (N-methyl/N-ethyl adjacent to an activating group) is 1. The summed E-state index contributed by atoms with van der Waals surface area (Å²) in [5, 5.41) is 11.7. The van der Waals surface area contributed by atoms with Gasteiger partial charge in [-0.25, -0.2) is 5.01 Å². The first-order chi connectivity index (χ1) is 7.22. The van der Waals surface area contributed by atoms with E-state index in [9.17, 15) is 5.11 Å². The van der Waals surface area contributed by atoms with Crippen molar-refractivity contribution in [1.29, 1.82) is 0 Å². The lowest BCUT2D eigenvalue weighted by atomic mass is 10.3. The molecule has 0 radical (unpaired) electrons. The molecule has 0 aromatic heterocycles. The highest BCUT2D eigenvalue weighted by molar-refractivity contribution is 4.67. The largest absolute Gasteiger partial charge is 0.389 e. The number of hydrogen-bond acceptors (Lipinski definition) is 5. The van der Waals surface area contributed by atoms with Gasteiger partial charge in [-0.3, -0.25) is 5.43 Å². The van der Waals surface area contributed by atoms with E-state index in [2.05, 4.69) is 22.4 Å². The van der Waals surface area contributed by atoms with Crippen LogP contribution < -0.4 is 5.43 Å². The van der Waals surface area contributed by atoms with Crippen LogP contribution in [0.25, 0.3) is 0 Å². The van der Waals surface area contributed by atoms with Gasteiger partial charge in [0.1, 0.15) is 0 Å². The Balaban J connectivity index is 2.04. The van der Waals surface area contributed by atoms with Crippen LogP contribution in [-0.2, 0) is 4.74 Å². The van der Waals surface area contributed by atoms with Gasteiger partial charge in [-0.05, 0) is 14.0 Å². The third kappa shape index (κ3) is 5.44. The van der Waals surface area contributed by atoms with Crippen LogP contribution in [0.3, 0.4) is 0 Å². The summed E-state index contributed by atoms with van der Waals surface area (Å²) in [4.78, 5) is 2.30. The number of hydrazine groups is 1. The number of aliphatic hydroxyl groups excluding tert-OH is 1.